The van der Waals surface area contributed by atoms with Crippen LogP contribution in [-0.2, 0) is 4.79 Å². The third-order valence-corrected chi connectivity index (χ3v) is 4.03. The van der Waals surface area contributed by atoms with Gasteiger partial charge in [-0.05, 0) is 32.1 Å². The maximum absolute atomic E-state index is 12.4. The number of hydrogen-bond acceptors (Lipinski definition) is 2. The van der Waals surface area contributed by atoms with E-state index in [1.54, 1.807) is 0 Å². The van der Waals surface area contributed by atoms with E-state index in [2.05, 4.69) is 46.9 Å². The van der Waals surface area contributed by atoms with Crippen LogP contribution in [0.4, 0.5) is 0 Å². The van der Waals surface area contributed by atoms with Crippen LogP contribution in [0.1, 0.15) is 54.4 Å². The highest BCUT2D eigenvalue weighted by Gasteiger charge is 2.39. The van der Waals surface area contributed by atoms with E-state index in [1.807, 2.05) is 4.90 Å². The molecular weight excluding hydrogens is 212 g/mol. The highest BCUT2D eigenvalue weighted by atomic mass is 16.2. The molecule has 0 radical (unpaired) electrons. The molecule has 17 heavy (non-hydrogen) atoms. The molecule has 0 aromatic carbocycles. The molecule has 0 aromatic heterocycles. The fraction of sp³-hybridized carbons (Fsp3) is 0.929. The Labute approximate surface area is 106 Å². The number of hydrogen-bond donors (Lipinski definition) is 1. The first-order valence-corrected chi connectivity index (χ1v) is 6.96. The molecule has 1 aliphatic rings. The highest BCUT2D eigenvalue weighted by molar-refractivity contribution is 5.84. The van der Waals surface area contributed by atoms with Crippen molar-refractivity contribution in [2.24, 2.45) is 11.8 Å². The van der Waals surface area contributed by atoms with Crippen LogP contribution in [-0.4, -0.2) is 29.1 Å². The van der Waals surface area contributed by atoms with Crippen molar-refractivity contribution >= 4 is 5.91 Å². The maximum Gasteiger partial charge on any atom is 0.241 e. The average molecular weight is 240 g/mol. The summed E-state index contributed by atoms with van der Waals surface area (Å²) in [4.78, 5) is 14.4. The topological polar surface area (TPSA) is 32.3 Å². The van der Waals surface area contributed by atoms with Gasteiger partial charge in [-0.1, -0.05) is 34.1 Å². The third-order valence-electron chi connectivity index (χ3n) is 4.03. The number of amides is 1. The Balaban J connectivity index is 2.71. The van der Waals surface area contributed by atoms with Gasteiger partial charge in [-0.25, -0.2) is 0 Å². The number of rotatable bonds is 5. The van der Waals surface area contributed by atoms with Crippen molar-refractivity contribution in [3.63, 3.8) is 0 Å². The first-order valence-electron chi connectivity index (χ1n) is 6.96. The van der Waals surface area contributed by atoms with Gasteiger partial charge in [0, 0.05) is 6.04 Å². The molecule has 4 atom stereocenters. The normalized spacial score (nSPS) is 28.9. The van der Waals surface area contributed by atoms with Crippen LogP contribution in [0.15, 0.2) is 0 Å². The average Bonchev–Trinajstić information content (AvgIpc) is 2.51. The second-order valence-corrected chi connectivity index (χ2v) is 5.90. The van der Waals surface area contributed by atoms with Gasteiger partial charge in [0.25, 0.3) is 0 Å². The molecule has 1 rings (SSSR count). The highest BCUT2D eigenvalue weighted by Crippen LogP contribution is 2.23. The van der Waals surface area contributed by atoms with Crippen LogP contribution in [0.2, 0.25) is 0 Å². The van der Waals surface area contributed by atoms with Gasteiger partial charge in [0.05, 0.1) is 12.2 Å². The van der Waals surface area contributed by atoms with Crippen LogP contribution in [0, 0.1) is 11.8 Å². The Morgan fingerprint density at radius 1 is 1.29 bits per heavy atom. The third kappa shape index (κ3) is 3.21. The maximum atomic E-state index is 12.4. The Morgan fingerprint density at radius 2 is 1.88 bits per heavy atom. The second-order valence-electron chi connectivity index (χ2n) is 5.90. The summed E-state index contributed by atoms with van der Waals surface area (Å²) < 4.78 is 0. The van der Waals surface area contributed by atoms with E-state index in [1.165, 1.54) is 0 Å². The number of nitrogens with one attached hydrogen (secondary N) is 1. The fourth-order valence-corrected chi connectivity index (χ4v) is 2.62. The lowest BCUT2D eigenvalue weighted by molar-refractivity contribution is -0.133. The molecule has 1 N–H and O–H groups in total. The Kier molecular flexibility index (Phi) is 4.99. The Morgan fingerprint density at radius 3 is 2.35 bits per heavy atom. The Bertz CT molecular complexity index is 265. The standard InChI is InChI=1S/C14H28N2O/c1-7-10(4)11(5)16-12(6)15-13(14(16)17)8-9(2)3/h9-13,15H,7-8H2,1-6H3. The number of carbonyl (C=O) groups is 1. The van der Waals surface area contributed by atoms with Gasteiger partial charge in [0.1, 0.15) is 0 Å². The lowest BCUT2D eigenvalue weighted by atomic mass is 9.98. The van der Waals surface area contributed by atoms with Gasteiger partial charge in [-0.3, -0.25) is 10.1 Å². The number of nitrogens with zero attached hydrogens (tertiary/aromatic N) is 1. The molecule has 1 heterocycles. The van der Waals surface area contributed by atoms with Crippen LogP contribution in [0.25, 0.3) is 0 Å². The van der Waals surface area contributed by atoms with E-state index in [4.69, 9.17) is 0 Å². The van der Waals surface area contributed by atoms with Crippen molar-refractivity contribution in [1.29, 1.82) is 0 Å². The van der Waals surface area contributed by atoms with Gasteiger partial charge in [0.2, 0.25) is 5.91 Å². The van der Waals surface area contributed by atoms with Crippen LogP contribution in [0.5, 0.6) is 0 Å². The molecule has 3 heteroatoms. The molecule has 1 fully saturated rings. The lowest BCUT2D eigenvalue weighted by Gasteiger charge is -2.32. The van der Waals surface area contributed by atoms with E-state index in [0.29, 0.717) is 23.8 Å². The fourth-order valence-electron chi connectivity index (χ4n) is 2.62. The predicted octanol–water partition coefficient (Wildman–Crippen LogP) is 2.61. The second kappa shape index (κ2) is 5.85. The van der Waals surface area contributed by atoms with E-state index >= 15 is 0 Å². The summed E-state index contributed by atoms with van der Waals surface area (Å²) in [6, 6.07) is 0.351. The minimum Gasteiger partial charge on any atom is -0.323 e. The summed E-state index contributed by atoms with van der Waals surface area (Å²) in [5.41, 5.74) is 0. The van der Waals surface area contributed by atoms with E-state index in [0.717, 1.165) is 12.8 Å². The molecule has 0 spiro atoms. The van der Waals surface area contributed by atoms with E-state index in [-0.39, 0.29) is 12.2 Å². The lowest BCUT2D eigenvalue weighted by Crippen LogP contribution is -2.44. The zero-order chi connectivity index (χ0) is 13.2. The zero-order valence-corrected chi connectivity index (χ0v) is 12.2. The van der Waals surface area contributed by atoms with Crippen LogP contribution >= 0.6 is 0 Å². The molecule has 4 unspecified atom stereocenters. The minimum atomic E-state index is 0.0245. The molecule has 3 nitrogen and oxygen atoms in total. The van der Waals surface area contributed by atoms with Gasteiger partial charge < -0.3 is 4.90 Å². The van der Waals surface area contributed by atoms with E-state index in [9.17, 15) is 4.79 Å². The van der Waals surface area contributed by atoms with Gasteiger partial charge in [-0.15, -0.1) is 0 Å². The first-order chi connectivity index (χ1) is 7.88. The molecular formula is C14H28N2O. The molecule has 100 valence electrons. The van der Waals surface area contributed by atoms with Gasteiger partial charge in [0.15, 0.2) is 0 Å². The molecule has 0 aromatic rings. The van der Waals surface area contributed by atoms with Crippen molar-refractivity contribution in [3.8, 4) is 0 Å². The summed E-state index contributed by atoms with van der Waals surface area (Å²) in [7, 11) is 0. The molecule has 0 aliphatic carbocycles. The Hall–Kier alpha value is -0.570. The quantitative estimate of drug-likeness (QED) is 0.801. The van der Waals surface area contributed by atoms with Crippen LogP contribution in [0.3, 0.4) is 0 Å². The zero-order valence-electron chi connectivity index (χ0n) is 12.2. The number of carbonyl (C=O) groups excluding carboxylic acids is 1. The smallest absolute Gasteiger partial charge is 0.241 e. The minimum absolute atomic E-state index is 0.0245. The summed E-state index contributed by atoms with van der Waals surface area (Å²) in [6.45, 7) is 13.0. The monoisotopic (exact) mass is 240 g/mol. The van der Waals surface area contributed by atoms with E-state index < -0.39 is 0 Å². The summed E-state index contributed by atoms with van der Waals surface area (Å²) in [6.07, 6.45) is 2.23. The van der Waals surface area contributed by atoms with Crippen molar-refractivity contribution in [1.82, 2.24) is 10.2 Å². The molecule has 1 aliphatic heterocycles. The van der Waals surface area contributed by atoms with Crippen molar-refractivity contribution in [2.75, 3.05) is 0 Å². The summed E-state index contributed by atoms with van der Waals surface area (Å²) >= 11 is 0. The molecule has 1 saturated heterocycles. The molecule has 1 amide bonds. The summed E-state index contributed by atoms with van der Waals surface area (Å²) in [5, 5.41) is 3.42. The largest absolute Gasteiger partial charge is 0.323 e. The molecule has 0 bridgehead atoms. The SMILES string of the molecule is CCC(C)C(C)N1C(=O)C(CC(C)C)NC1C. The summed E-state index contributed by atoms with van der Waals surface area (Å²) in [5.74, 6) is 1.41. The van der Waals surface area contributed by atoms with Crippen LogP contribution < -0.4 is 5.32 Å². The first kappa shape index (κ1) is 14.5. The predicted molar refractivity (Wildman–Crippen MR) is 71.6 cm³/mol. The van der Waals surface area contributed by atoms with Crippen molar-refractivity contribution < 1.29 is 4.79 Å². The molecule has 0 saturated carbocycles. The van der Waals surface area contributed by atoms with Crippen molar-refractivity contribution in [3.05, 3.63) is 0 Å². The van der Waals surface area contributed by atoms with Gasteiger partial charge in [-0.2, -0.15) is 0 Å². The van der Waals surface area contributed by atoms with Gasteiger partial charge >= 0.3 is 0 Å². The van der Waals surface area contributed by atoms with Crippen molar-refractivity contribution in [2.45, 2.75) is 72.6 Å².